The fourth-order valence-electron chi connectivity index (χ4n) is 15.0. The molecule has 7 aliphatic rings. The standard InChI is InChI=1S/C28H30N8O6.C25H26N8O7.C24H25N9O7/c1-2-29-28(39)35-25-22-26(33-14-32-25)36(15-34-22)19-10-17(11-40-12-18-21(27(37)38)31-13-30-18)23-24(19)42-20(41-23)9-8-16-6-4-3-5-7-16;1-2-26-25(36)32-20-17-21(30-11-29-20)33(12-31-17)22-19-18(39-24(40-19)13-6-4-3-5-7-13)15(38-22)9-37-8-14-16(23(34)35)28-10-27-14;1-2-25-24(36)29-19-16-20(27-10-26-19)33(11-28-16)21-18-17(39-23(40-18)12-6-4-3-5-7-12)14(38-21)9-37-8-13-15(22(34)35)31-32-30-13/h3-9,13-15,17,19-20,23-24H,2,10-12H2,1H3,(H,30,31)(H,37,38)(H2,29,32,33,35,39);3-7,10-12,15,18-19,22,24H,2,8-9H2,1H3,(H,27,28)(H,34,35)(H2,26,29,30,32,36);3-7,10-11,13-14,17-18,21,23H,2,8-9H2,1H3,(H,34,35)(H2,25,26,27,29,36)/b9-8+;;/t17?,19?,20-,23?,24?;15?,18?,19?,22?,24-;13?,14?,17?,18?,21?,23-/m000/s1. The van der Waals surface area contributed by atoms with Crippen LogP contribution in [0.2, 0.25) is 0 Å². The van der Waals surface area contributed by atoms with E-state index in [4.69, 9.17) is 52.1 Å². The summed E-state index contributed by atoms with van der Waals surface area (Å²) in [4.78, 5) is 123. The molecule has 45 nitrogen and oxygen atoms in total. The van der Waals surface area contributed by atoms with E-state index in [9.17, 15) is 44.1 Å². The van der Waals surface area contributed by atoms with Crippen molar-refractivity contribution in [1.29, 1.82) is 0 Å². The molecule has 3 aromatic carbocycles. The molecule has 0 spiro atoms. The molecule has 8 aromatic heterocycles. The van der Waals surface area contributed by atoms with Crippen molar-refractivity contribution in [2.45, 2.75) is 133 Å². The van der Waals surface area contributed by atoms with Crippen molar-refractivity contribution in [3.05, 3.63) is 187 Å². The third-order valence-electron chi connectivity index (χ3n) is 20.5. The fourth-order valence-corrected chi connectivity index (χ4v) is 15.0. The summed E-state index contributed by atoms with van der Waals surface area (Å²) in [6.07, 6.45) is 8.76. The topological polar surface area (TPSA) is 562 Å². The van der Waals surface area contributed by atoms with Gasteiger partial charge in [0, 0.05) is 36.7 Å². The largest absolute Gasteiger partial charge is 0.477 e. The zero-order chi connectivity index (χ0) is 84.3. The number of aromatic nitrogens is 16. The number of anilines is 3. The first-order valence-corrected chi connectivity index (χ1v) is 38.8. The number of H-pyrrole nitrogens is 2. The zero-order valence-corrected chi connectivity index (χ0v) is 65.1. The number of imidazole rings is 5. The van der Waals surface area contributed by atoms with Crippen LogP contribution in [0.4, 0.5) is 31.8 Å². The van der Waals surface area contributed by atoms with Crippen molar-refractivity contribution in [1.82, 2.24) is 94.4 Å². The van der Waals surface area contributed by atoms with E-state index in [0.29, 0.717) is 83.4 Å². The molecule has 11 aromatic rings. The van der Waals surface area contributed by atoms with Crippen LogP contribution < -0.4 is 31.9 Å². The quantitative estimate of drug-likeness (QED) is 0.0245. The van der Waals surface area contributed by atoms with Gasteiger partial charge in [0.15, 0.2) is 99.4 Å². The van der Waals surface area contributed by atoms with E-state index in [1.807, 2.05) is 122 Å². The van der Waals surface area contributed by atoms with Crippen molar-refractivity contribution in [2.75, 3.05) is 62.0 Å². The summed E-state index contributed by atoms with van der Waals surface area (Å²) in [5.74, 6) is -2.74. The van der Waals surface area contributed by atoms with Gasteiger partial charge in [0.2, 0.25) is 0 Å². The molecule has 122 heavy (non-hydrogen) atoms. The summed E-state index contributed by atoms with van der Waals surface area (Å²) in [6.45, 7) is 7.28. The van der Waals surface area contributed by atoms with E-state index in [0.717, 1.165) is 16.7 Å². The number of rotatable bonds is 28. The molecule has 6 aliphatic heterocycles. The Morgan fingerprint density at radius 3 is 1.39 bits per heavy atom. The Labute approximate surface area is 689 Å². The number of amides is 6. The number of ether oxygens (including phenoxy) is 11. The lowest BCUT2D eigenvalue weighted by Gasteiger charge is -2.21. The number of aromatic amines is 2. The Kier molecular flexibility index (Phi) is 25.2. The number of hydrogen-bond acceptors (Lipinski definition) is 31. The van der Waals surface area contributed by atoms with Crippen LogP contribution in [0.15, 0.2) is 163 Å². The van der Waals surface area contributed by atoms with Crippen LogP contribution in [0, 0.1) is 5.92 Å². The van der Waals surface area contributed by atoms with Gasteiger partial charge in [-0.2, -0.15) is 5.11 Å². The van der Waals surface area contributed by atoms with E-state index in [-0.39, 0.29) is 92.0 Å². The minimum absolute atomic E-state index is 0.0113. The van der Waals surface area contributed by atoms with Crippen LogP contribution >= 0.6 is 0 Å². The van der Waals surface area contributed by atoms with Gasteiger partial charge < -0.3 is 97.9 Å². The number of urea groups is 3. The van der Waals surface area contributed by atoms with E-state index < -0.39 is 104 Å². The number of carboxylic acid groups (broad SMARTS) is 3. The molecule has 45 heteroatoms. The number of carbonyl (C=O) groups is 6. The summed E-state index contributed by atoms with van der Waals surface area (Å²) in [5, 5.41) is 54.8. The van der Waals surface area contributed by atoms with Crippen molar-refractivity contribution >= 4 is 98.7 Å². The first-order chi connectivity index (χ1) is 59.6. The van der Waals surface area contributed by atoms with Crippen molar-refractivity contribution in [3.8, 4) is 0 Å². The van der Waals surface area contributed by atoms with Gasteiger partial charge in [0.1, 0.15) is 67.8 Å². The molecule has 16 atom stereocenters. The number of benzene rings is 3. The van der Waals surface area contributed by atoms with Crippen molar-refractivity contribution in [2.24, 2.45) is 21.4 Å². The molecule has 1 saturated carbocycles. The number of hydrogen-bond donors (Lipinski definition) is 11. The lowest BCUT2D eigenvalue weighted by Crippen LogP contribution is -2.34. The van der Waals surface area contributed by atoms with Gasteiger partial charge in [-0.05, 0) is 44.1 Å². The SMILES string of the molecule is CCNC(=O)Nc1ncnc2c1ncn2C1CC(COCc2[nH]cnc2C(=O)O)C2O[C@H](/C=C/c3ccccc3)OC21.CCNC(=O)Nc1ncnc2c1ncn2C1OC(COCC2N=NN=C2C(=O)O)C2O[C@H](c3ccccc3)OC21.CCNC(=O)Nc1ncnc2c1ncn2C1OC(COCc2[nH]cnc2C(=O)O)C2O[C@H](c3ccccc3)OC21. The second kappa shape index (κ2) is 37.4. The van der Waals surface area contributed by atoms with Gasteiger partial charge in [0.05, 0.1) is 94.8 Å². The zero-order valence-electron chi connectivity index (χ0n) is 65.1. The maximum absolute atomic E-state index is 12.1. The second-order valence-corrected chi connectivity index (χ2v) is 28.2. The van der Waals surface area contributed by atoms with Crippen LogP contribution in [0.5, 0.6) is 0 Å². The predicted octanol–water partition coefficient (Wildman–Crippen LogP) is 6.62. The Hall–Kier alpha value is -13.5. The first kappa shape index (κ1) is 82.2. The highest BCUT2D eigenvalue weighted by Gasteiger charge is 2.57. The first-order valence-electron chi connectivity index (χ1n) is 38.8. The summed E-state index contributed by atoms with van der Waals surface area (Å²) in [6, 6.07) is 26.7. The molecule has 6 amide bonds. The number of nitrogens with zero attached hydrogens (tertiary/aromatic N) is 17. The molecular formula is C77H81N25O20. The minimum Gasteiger partial charge on any atom is -0.477 e. The number of carboxylic acids is 3. The Morgan fingerprint density at radius 1 is 0.475 bits per heavy atom. The monoisotopic (exact) mass is 1680 g/mol. The van der Waals surface area contributed by atoms with Gasteiger partial charge in [-0.3, -0.25) is 25.1 Å². The van der Waals surface area contributed by atoms with Gasteiger partial charge in [-0.25, -0.2) is 83.6 Å². The van der Waals surface area contributed by atoms with Crippen LogP contribution in [0.3, 0.4) is 0 Å². The Morgan fingerprint density at radius 2 is 0.918 bits per heavy atom. The smallest absolute Gasteiger partial charge is 0.356 e. The van der Waals surface area contributed by atoms with E-state index in [2.05, 4.69) is 112 Å². The molecule has 1 aliphatic carbocycles. The minimum atomic E-state index is -1.20. The highest BCUT2D eigenvalue weighted by Crippen LogP contribution is 2.49. The van der Waals surface area contributed by atoms with Crippen LogP contribution in [0.1, 0.15) is 107 Å². The molecule has 5 saturated heterocycles. The molecule has 18 rings (SSSR count). The van der Waals surface area contributed by atoms with Crippen LogP contribution in [-0.2, 0) is 70.1 Å². The lowest BCUT2D eigenvalue weighted by atomic mass is 10.1. The average Bonchev–Trinajstić information content (AvgIpc) is 1.60. The number of aliphatic carboxylic acids is 1. The number of fused-ring (bicyclic) bond motifs is 6. The summed E-state index contributed by atoms with van der Waals surface area (Å²) in [5.41, 5.74) is 5.73. The Balaban J connectivity index is 0.000000136. The summed E-state index contributed by atoms with van der Waals surface area (Å²) in [7, 11) is 0. The number of nitrogens with one attached hydrogen (secondary N) is 8. The molecule has 11 N–H and O–H groups in total. The third kappa shape index (κ3) is 17.9. The molecule has 0 radical (unpaired) electrons. The highest BCUT2D eigenvalue weighted by atomic mass is 16.8. The third-order valence-corrected chi connectivity index (χ3v) is 20.5. The van der Waals surface area contributed by atoms with E-state index in [1.54, 1.807) is 35.0 Å². The van der Waals surface area contributed by atoms with Crippen molar-refractivity contribution in [3.63, 3.8) is 0 Å². The predicted molar refractivity (Wildman–Crippen MR) is 421 cm³/mol. The van der Waals surface area contributed by atoms with Crippen LogP contribution in [-0.4, -0.2) is 243 Å². The second-order valence-electron chi connectivity index (χ2n) is 28.2. The average molecular weight is 1680 g/mol. The summed E-state index contributed by atoms with van der Waals surface area (Å²) < 4.78 is 73.8. The van der Waals surface area contributed by atoms with Gasteiger partial charge in [-0.1, -0.05) is 97.1 Å². The maximum atomic E-state index is 12.1. The number of carbonyl (C=O) groups excluding carboxylic acids is 3. The normalized spacial score (nSPS) is 24.7. The molecular weight excluding hydrogens is 1600 g/mol. The molecule has 634 valence electrons. The number of aromatic carboxylic acids is 2. The molecule has 14 heterocycles. The van der Waals surface area contributed by atoms with Gasteiger partial charge in [-0.15, -0.1) is 5.10 Å². The van der Waals surface area contributed by atoms with Gasteiger partial charge >= 0.3 is 36.0 Å². The lowest BCUT2D eigenvalue weighted by molar-refractivity contribution is -0.158. The van der Waals surface area contributed by atoms with Crippen LogP contribution in [0.25, 0.3) is 39.6 Å². The van der Waals surface area contributed by atoms with Crippen molar-refractivity contribution < 1.29 is 96.2 Å². The fraction of sp³-hybridized carbons (Fsp3) is 0.377. The maximum Gasteiger partial charge on any atom is 0.356 e. The van der Waals surface area contributed by atoms with E-state index in [1.165, 1.54) is 31.6 Å². The molecule has 0 bridgehead atoms. The molecule has 13 unspecified atom stereocenters. The van der Waals surface area contributed by atoms with Gasteiger partial charge in [0.25, 0.3) is 0 Å². The Bertz CT molecular complexity index is 5640. The molecule has 6 fully saturated rings. The highest BCUT2D eigenvalue weighted by molar-refractivity contribution is 6.38. The summed E-state index contributed by atoms with van der Waals surface area (Å²) >= 11 is 0. The van der Waals surface area contributed by atoms with E-state index >= 15 is 0 Å².